The van der Waals surface area contributed by atoms with Crippen LogP contribution in [0, 0.1) is 0 Å². The summed E-state index contributed by atoms with van der Waals surface area (Å²) in [5, 5.41) is 4.45. The third-order valence-corrected chi connectivity index (χ3v) is 3.55. The van der Waals surface area contributed by atoms with Crippen molar-refractivity contribution < 1.29 is 14.4 Å². The van der Waals surface area contributed by atoms with Gasteiger partial charge in [-0.3, -0.25) is 0 Å². The summed E-state index contributed by atoms with van der Waals surface area (Å²) in [7, 11) is 0. The highest BCUT2D eigenvalue weighted by Crippen LogP contribution is 2.28. The number of carbonyl (C=O) groups excluding carboxylic acids is 1. The minimum atomic E-state index is -0.494. The van der Waals surface area contributed by atoms with Crippen LogP contribution in [0.25, 0.3) is 6.08 Å². The maximum absolute atomic E-state index is 12.0. The molecule has 0 unspecified atom stereocenters. The van der Waals surface area contributed by atoms with E-state index in [1.807, 2.05) is 37.3 Å². The monoisotopic (exact) mass is 327 g/mol. The summed E-state index contributed by atoms with van der Waals surface area (Å²) in [5.74, 6) is 0.155. The first-order chi connectivity index (χ1) is 11.2. The molecule has 0 amide bonds. The van der Waals surface area contributed by atoms with Crippen molar-refractivity contribution in [2.45, 2.75) is 6.92 Å². The van der Waals surface area contributed by atoms with Gasteiger partial charge in [0.1, 0.15) is 11.5 Å². The van der Waals surface area contributed by atoms with Crippen molar-refractivity contribution in [1.82, 2.24) is 0 Å². The lowest BCUT2D eigenvalue weighted by molar-refractivity contribution is -0.136. The lowest BCUT2D eigenvalue weighted by Gasteiger charge is -2.08. The predicted octanol–water partition coefficient (Wildman–Crippen LogP) is 4.08. The van der Waals surface area contributed by atoms with Crippen molar-refractivity contribution >= 4 is 29.4 Å². The second-order valence-electron chi connectivity index (χ2n) is 4.86. The second-order valence-corrected chi connectivity index (χ2v) is 5.29. The average Bonchev–Trinajstić information content (AvgIpc) is 2.92. The molecule has 0 saturated heterocycles. The molecular formula is C18H14ClNO3. The van der Waals surface area contributed by atoms with Gasteiger partial charge in [0.15, 0.2) is 0 Å². The minimum absolute atomic E-state index is 0.374. The van der Waals surface area contributed by atoms with Gasteiger partial charge in [0.25, 0.3) is 0 Å². The fourth-order valence-electron chi connectivity index (χ4n) is 2.29. The first-order valence-corrected chi connectivity index (χ1v) is 7.56. The summed E-state index contributed by atoms with van der Waals surface area (Å²) < 4.78 is 5.58. The molecule has 1 aliphatic heterocycles. The van der Waals surface area contributed by atoms with E-state index in [2.05, 4.69) is 5.16 Å². The number of halogens is 1. The summed E-state index contributed by atoms with van der Waals surface area (Å²) in [6.45, 7) is 2.41. The Kier molecular flexibility index (Phi) is 4.44. The van der Waals surface area contributed by atoms with Gasteiger partial charge in [-0.1, -0.05) is 47.1 Å². The lowest BCUT2D eigenvalue weighted by Crippen LogP contribution is -2.07. The Labute approximate surface area is 139 Å². The van der Waals surface area contributed by atoms with Gasteiger partial charge in [0, 0.05) is 16.1 Å². The van der Waals surface area contributed by atoms with Crippen LogP contribution >= 0.6 is 11.6 Å². The molecule has 2 aromatic rings. The van der Waals surface area contributed by atoms with Gasteiger partial charge in [-0.05, 0) is 31.2 Å². The fourth-order valence-corrected chi connectivity index (χ4v) is 2.47. The van der Waals surface area contributed by atoms with E-state index in [0.29, 0.717) is 34.2 Å². The molecule has 3 rings (SSSR count). The number of carbonyl (C=O) groups is 1. The van der Waals surface area contributed by atoms with Crippen LogP contribution in [-0.2, 0) is 9.63 Å². The fraction of sp³-hybridized carbons (Fsp3) is 0.111. The third-order valence-electron chi connectivity index (χ3n) is 3.31. The van der Waals surface area contributed by atoms with Crippen molar-refractivity contribution in [1.29, 1.82) is 0 Å². The molecule has 1 aliphatic rings. The molecule has 0 fully saturated rings. The van der Waals surface area contributed by atoms with E-state index < -0.39 is 5.97 Å². The van der Waals surface area contributed by atoms with Gasteiger partial charge in [-0.15, -0.1) is 0 Å². The highest BCUT2D eigenvalue weighted by Gasteiger charge is 2.27. The summed E-state index contributed by atoms with van der Waals surface area (Å²) in [6, 6.07) is 14.7. The first kappa shape index (κ1) is 15.3. The van der Waals surface area contributed by atoms with Gasteiger partial charge in [0.2, 0.25) is 0 Å². The van der Waals surface area contributed by atoms with Crippen LogP contribution in [0.4, 0.5) is 0 Å². The van der Waals surface area contributed by atoms with E-state index in [1.54, 1.807) is 24.3 Å². The Hall–Kier alpha value is -2.59. The molecule has 0 aromatic heterocycles. The Morgan fingerprint density at radius 3 is 2.74 bits per heavy atom. The number of hydrogen-bond donors (Lipinski definition) is 0. The van der Waals surface area contributed by atoms with E-state index >= 15 is 0 Å². The van der Waals surface area contributed by atoms with E-state index in [0.717, 1.165) is 5.56 Å². The van der Waals surface area contributed by atoms with Crippen LogP contribution in [0.5, 0.6) is 5.75 Å². The van der Waals surface area contributed by atoms with E-state index in [1.165, 1.54) is 0 Å². The van der Waals surface area contributed by atoms with Gasteiger partial charge in [-0.25, -0.2) is 4.79 Å². The Balaban J connectivity index is 2.05. The zero-order chi connectivity index (χ0) is 16.2. The van der Waals surface area contributed by atoms with E-state index in [-0.39, 0.29) is 0 Å². The van der Waals surface area contributed by atoms with Crippen LogP contribution in [0.15, 0.2) is 59.3 Å². The minimum Gasteiger partial charge on any atom is -0.493 e. The summed E-state index contributed by atoms with van der Waals surface area (Å²) in [5.41, 5.74) is 2.39. The number of ether oxygens (including phenoxy) is 1. The van der Waals surface area contributed by atoms with Crippen LogP contribution in [0.2, 0.25) is 5.02 Å². The molecule has 0 radical (unpaired) electrons. The van der Waals surface area contributed by atoms with Crippen LogP contribution < -0.4 is 4.74 Å². The van der Waals surface area contributed by atoms with Crippen LogP contribution in [-0.4, -0.2) is 18.3 Å². The first-order valence-electron chi connectivity index (χ1n) is 7.18. The molecule has 0 N–H and O–H groups in total. The second kappa shape index (κ2) is 6.67. The number of hydrogen-bond acceptors (Lipinski definition) is 4. The molecule has 0 atom stereocenters. The lowest BCUT2D eigenvalue weighted by atomic mass is 10.0. The molecule has 4 nitrogen and oxygen atoms in total. The van der Waals surface area contributed by atoms with Crippen molar-refractivity contribution in [3.63, 3.8) is 0 Å². The summed E-state index contributed by atoms with van der Waals surface area (Å²) in [6.07, 6.45) is 1.69. The van der Waals surface area contributed by atoms with Crippen LogP contribution in [0.3, 0.4) is 0 Å². The molecule has 5 heteroatoms. The molecule has 116 valence electrons. The molecule has 0 bridgehead atoms. The Morgan fingerprint density at radius 2 is 2.00 bits per heavy atom. The largest absolute Gasteiger partial charge is 0.493 e. The van der Waals surface area contributed by atoms with Gasteiger partial charge in [-0.2, -0.15) is 0 Å². The Morgan fingerprint density at radius 1 is 1.22 bits per heavy atom. The van der Waals surface area contributed by atoms with Crippen LogP contribution in [0.1, 0.15) is 18.1 Å². The molecule has 23 heavy (non-hydrogen) atoms. The highest BCUT2D eigenvalue weighted by molar-refractivity contribution is 6.32. The molecule has 0 spiro atoms. The standard InChI is InChI=1S/C18H14ClNO3/c1-2-22-16-9-8-14(19)10-13(16)11-15-17(20-23-18(15)21)12-6-4-3-5-7-12/h3-11H,2H2,1H3/b15-11-. The maximum Gasteiger partial charge on any atom is 0.368 e. The predicted molar refractivity (Wildman–Crippen MR) is 89.7 cm³/mol. The van der Waals surface area contributed by atoms with E-state index in [4.69, 9.17) is 21.2 Å². The summed E-state index contributed by atoms with van der Waals surface area (Å²) >= 11 is 6.06. The molecule has 0 aliphatic carbocycles. The van der Waals surface area contributed by atoms with Gasteiger partial charge in [0.05, 0.1) is 12.2 Å². The smallest absolute Gasteiger partial charge is 0.368 e. The normalized spacial score (nSPS) is 15.5. The average molecular weight is 328 g/mol. The quantitative estimate of drug-likeness (QED) is 0.628. The summed E-state index contributed by atoms with van der Waals surface area (Å²) in [4.78, 5) is 16.9. The number of nitrogens with zero attached hydrogens (tertiary/aromatic N) is 1. The molecule has 1 heterocycles. The zero-order valence-electron chi connectivity index (χ0n) is 12.5. The van der Waals surface area contributed by atoms with Crippen molar-refractivity contribution in [2.75, 3.05) is 6.61 Å². The van der Waals surface area contributed by atoms with Crippen molar-refractivity contribution in [3.8, 4) is 5.75 Å². The molecular weight excluding hydrogens is 314 g/mol. The van der Waals surface area contributed by atoms with Gasteiger partial charge >= 0.3 is 5.97 Å². The molecule has 0 saturated carbocycles. The number of oxime groups is 1. The van der Waals surface area contributed by atoms with Crippen molar-refractivity contribution in [3.05, 3.63) is 70.3 Å². The number of benzene rings is 2. The van der Waals surface area contributed by atoms with Gasteiger partial charge < -0.3 is 9.57 Å². The van der Waals surface area contributed by atoms with E-state index in [9.17, 15) is 4.79 Å². The van der Waals surface area contributed by atoms with Crippen molar-refractivity contribution in [2.24, 2.45) is 5.16 Å². The maximum atomic E-state index is 12.0. The molecule has 2 aromatic carbocycles. The Bertz CT molecular complexity index is 797. The SMILES string of the molecule is CCOc1ccc(Cl)cc1/C=C1\C(=O)ON=C1c1ccccc1. The highest BCUT2D eigenvalue weighted by atomic mass is 35.5. The zero-order valence-corrected chi connectivity index (χ0v) is 13.2. The topological polar surface area (TPSA) is 47.9 Å². The third kappa shape index (κ3) is 3.27. The number of rotatable bonds is 4.